The predicted octanol–water partition coefficient (Wildman–Crippen LogP) is 4.31. The van der Waals surface area contributed by atoms with Crippen molar-refractivity contribution in [1.29, 1.82) is 0 Å². The van der Waals surface area contributed by atoms with Crippen LogP contribution in [-0.4, -0.2) is 11.9 Å². The molecule has 1 saturated carbocycles. The van der Waals surface area contributed by atoms with Gasteiger partial charge in [-0.1, -0.05) is 29.8 Å². The molecule has 19 heavy (non-hydrogen) atoms. The molecule has 1 aliphatic rings. The van der Waals surface area contributed by atoms with Crippen molar-refractivity contribution in [2.45, 2.75) is 46.1 Å². The van der Waals surface area contributed by atoms with Gasteiger partial charge in [0.2, 0.25) is 0 Å². The summed E-state index contributed by atoms with van der Waals surface area (Å²) in [6, 6.07) is 6.17. The first kappa shape index (κ1) is 14.6. The minimum absolute atomic E-state index is 0.0520. The molecule has 1 aromatic carbocycles. The maximum absolute atomic E-state index is 12.3. The second-order valence-corrected chi connectivity index (χ2v) is 6.87. The summed E-state index contributed by atoms with van der Waals surface area (Å²) < 4.78 is 0.961. The molecule has 0 saturated heterocycles. The number of hydrogen-bond acceptors (Lipinski definition) is 1. The molecular weight excluding hydrogens is 302 g/mol. The number of amides is 1. The Morgan fingerprint density at radius 3 is 2.58 bits per heavy atom. The predicted molar refractivity (Wildman–Crippen MR) is 82.3 cm³/mol. The van der Waals surface area contributed by atoms with Gasteiger partial charge in [0, 0.05) is 16.1 Å². The van der Waals surface area contributed by atoms with E-state index in [1.54, 1.807) is 0 Å². The Kier molecular flexibility index (Phi) is 4.67. The molecule has 3 atom stereocenters. The highest BCUT2D eigenvalue weighted by Gasteiger charge is 2.25. The van der Waals surface area contributed by atoms with E-state index in [0.717, 1.165) is 34.4 Å². The molecule has 1 aromatic rings. The van der Waals surface area contributed by atoms with Crippen LogP contribution in [0.3, 0.4) is 0 Å². The lowest BCUT2D eigenvalue weighted by molar-refractivity contribution is 0.0910. The van der Waals surface area contributed by atoms with Crippen molar-refractivity contribution >= 4 is 21.8 Å². The van der Waals surface area contributed by atoms with E-state index in [1.165, 1.54) is 6.42 Å². The summed E-state index contributed by atoms with van der Waals surface area (Å²) in [6.45, 7) is 6.60. The van der Waals surface area contributed by atoms with Crippen LogP contribution in [0.1, 0.15) is 49.0 Å². The molecule has 2 nitrogen and oxygen atoms in total. The molecule has 0 heterocycles. The van der Waals surface area contributed by atoms with Gasteiger partial charge >= 0.3 is 0 Å². The van der Waals surface area contributed by atoms with Gasteiger partial charge < -0.3 is 5.32 Å². The minimum Gasteiger partial charge on any atom is -0.349 e. The van der Waals surface area contributed by atoms with E-state index in [0.29, 0.717) is 12.0 Å². The van der Waals surface area contributed by atoms with Crippen molar-refractivity contribution in [1.82, 2.24) is 5.32 Å². The van der Waals surface area contributed by atoms with Crippen molar-refractivity contribution in [3.05, 3.63) is 33.8 Å². The van der Waals surface area contributed by atoms with E-state index in [1.807, 2.05) is 25.1 Å². The smallest absolute Gasteiger partial charge is 0.251 e. The summed E-state index contributed by atoms with van der Waals surface area (Å²) in [5.74, 6) is 1.53. The van der Waals surface area contributed by atoms with Gasteiger partial charge in [0.15, 0.2) is 0 Å². The van der Waals surface area contributed by atoms with Gasteiger partial charge in [-0.3, -0.25) is 4.79 Å². The summed E-state index contributed by atoms with van der Waals surface area (Å²) in [5.41, 5.74) is 1.85. The van der Waals surface area contributed by atoms with Crippen LogP contribution in [0.4, 0.5) is 0 Å². The Balaban J connectivity index is 2.01. The molecule has 1 amide bonds. The molecule has 0 bridgehead atoms. The monoisotopic (exact) mass is 323 g/mol. The largest absolute Gasteiger partial charge is 0.349 e. The second-order valence-electron chi connectivity index (χ2n) is 5.96. The third kappa shape index (κ3) is 3.82. The van der Waals surface area contributed by atoms with Crippen LogP contribution in [-0.2, 0) is 0 Å². The molecule has 1 N–H and O–H groups in total. The summed E-state index contributed by atoms with van der Waals surface area (Å²) >= 11 is 3.44. The average Bonchev–Trinajstić information content (AvgIpc) is 2.32. The minimum atomic E-state index is 0.0520. The molecule has 2 rings (SSSR count). The summed E-state index contributed by atoms with van der Waals surface area (Å²) in [4.78, 5) is 12.3. The van der Waals surface area contributed by atoms with Gasteiger partial charge in [-0.05, 0) is 61.8 Å². The Morgan fingerprint density at radius 2 is 1.95 bits per heavy atom. The van der Waals surface area contributed by atoms with Gasteiger partial charge in [0.05, 0.1) is 0 Å². The Labute approximate surface area is 124 Å². The van der Waals surface area contributed by atoms with Crippen molar-refractivity contribution < 1.29 is 4.79 Å². The highest BCUT2D eigenvalue weighted by atomic mass is 79.9. The number of rotatable bonds is 2. The number of carbonyl (C=O) groups excluding carboxylic acids is 1. The van der Waals surface area contributed by atoms with E-state index < -0.39 is 0 Å². The van der Waals surface area contributed by atoms with Crippen LogP contribution < -0.4 is 5.32 Å². The first-order valence-corrected chi connectivity index (χ1v) is 7.83. The van der Waals surface area contributed by atoms with Crippen LogP contribution >= 0.6 is 15.9 Å². The van der Waals surface area contributed by atoms with Gasteiger partial charge in [-0.2, -0.15) is 0 Å². The topological polar surface area (TPSA) is 29.1 Å². The fourth-order valence-corrected chi connectivity index (χ4v) is 3.42. The van der Waals surface area contributed by atoms with Gasteiger partial charge in [0.1, 0.15) is 0 Å². The van der Waals surface area contributed by atoms with Gasteiger partial charge in [-0.15, -0.1) is 0 Å². The Morgan fingerprint density at radius 1 is 1.21 bits per heavy atom. The number of benzene rings is 1. The quantitative estimate of drug-likeness (QED) is 0.863. The lowest BCUT2D eigenvalue weighted by Crippen LogP contribution is -2.39. The van der Waals surface area contributed by atoms with Crippen molar-refractivity contribution in [2.75, 3.05) is 0 Å². The summed E-state index contributed by atoms with van der Waals surface area (Å²) in [7, 11) is 0. The Hall–Kier alpha value is -0.830. The lowest BCUT2D eigenvalue weighted by Gasteiger charge is -2.32. The van der Waals surface area contributed by atoms with Crippen LogP contribution in [0.15, 0.2) is 22.7 Å². The highest BCUT2D eigenvalue weighted by molar-refractivity contribution is 9.10. The van der Waals surface area contributed by atoms with Gasteiger partial charge in [-0.25, -0.2) is 0 Å². The van der Waals surface area contributed by atoms with Crippen LogP contribution in [0.5, 0.6) is 0 Å². The maximum Gasteiger partial charge on any atom is 0.251 e. The molecule has 1 fully saturated rings. The fourth-order valence-electron chi connectivity index (χ4n) is 2.81. The van der Waals surface area contributed by atoms with E-state index in [-0.39, 0.29) is 5.91 Å². The van der Waals surface area contributed by atoms with E-state index >= 15 is 0 Å². The molecular formula is C16H22BrNO. The maximum atomic E-state index is 12.3. The molecule has 104 valence electrons. The molecule has 0 radical (unpaired) electrons. The standard InChI is InChI=1S/C16H22BrNO/c1-10-6-13(9-14(17)7-10)16(19)18-15-5-4-11(2)12(3)8-15/h6-7,9,11-12,15H,4-5,8H2,1-3H3,(H,18,19). The van der Waals surface area contributed by atoms with Gasteiger partial charge in [0.25, 0.3) is 5.91 Å². The van der Waals surface area contributed by atoms with Crippen LogP contribution in [0.2, 0.25) is 0 Å². The highest BCUT2D eigenvalue weighted by Crippen LogP contribution is 2.29. The zero-order valence-corrected chi connectivity index (χ0v) is 13.5. The first-order chi connectivity index (χ1) is 8.95. The molecule has 0 aliphatic heterocycles. The average molecular weight is 324 g/mol. The van der Waals surface area contributed by atoms with Crippen molar-refractivity contribution in [3.63, 3.8) is 0 Å². The number of hydrogen-bond donors (Lipinski definition) is 1. The number of aryl methyl sites for hydroxylation is 1. The van der Waals surface area contributed by atoms with Crippen molar-refractivity contribution in [3.8, 4) is 0 Å². The molecule has 0 spiro atoms. The second kappa shape index (κ2) is 6.08. The SMILES string of the molecule is Cc1cc(Br)cc(C(=O)NC2CCC(C)C(C)C2)c1. The van der Waals surface area contributed by atoms with Crippen LogP contribution in [0.25, 0.3) is 0 Å². The Bertz CT molecular complexity index is 452. The summed E-state index contributed by atoms with van der Waals surface area (Å²) in [6.07, 6.45) is 3.41. The molecule has 1 aliphatic carbocycles. The summed E-state index contributed by atoms with van der Waals surface area (Å²) in [5, 5.41) is 3.18. The van der Waals surface area contributed by atoms with E-state index in [2.05, 4.69) is 35.1 Å². The third-order valence-electron chi connectivity index (χ3n) is 4.24. The zero-order valence-electron chi connectivity index (χ0n) is 11.9. The number of nitrogens with one attached hydrogen (secondary N) is 1. The normalized spacial score (nSPS) is 27.1. The van der Waals surface area contributed by atoms with Crippen LogP contribution in [0, 0.1) is 18.8 Å². The fraction of sp³-hybridized carbons (Fsp3) is 0.562. The molecule has 3 unspecified atom stereocenters. The number of carbonyl (C=O) groups is 1. The first-order valence-electron chi connectivity index (χ1n) is 7.03. The zero-order chi connectivity index (χ0) is 14.0. The lowest BCUT2D eigenvalue weighted by atomic mass is 9.79. The van der Waals surface area contributed by atoms with Crippen molar-refractivity contribution in [2.24, 2.45) is 11.8 Å². The molecule has 0 aromatic heterocycles. The van der Waals surface area contributed by atoms with E-state index in [4.69, 9.17) is 0 Å². The molecule has 3 heteroatoms. The van der Waals surface area contributed by atoms with E-state index in [9.17, 15) is 4.79 Å². The third-order valence-corrected chi connectivity index (χ3v) is 4.70. The number of halogens is 1.